The van der Waals surface area contributed by atoms with Crippen LogP contribution in [-0.4, -0.2) is 27.9 Å². The molecule has 0 aliphatic rings. The molecule has 0 N–H and O–H groups in total. The molecule has 0 spiro atoms. The van der Waals surface area contributed by atoms with Crippen LogP contribution in [0.5, 0.6) is 0 Å². The van der Waals surface area contributed by atoms with Crippen LogP contribution in [0.1, 0.15) is 30.3 Å². The molecule has 0 saturated carbocycles. The van der Waals surface area contributed by atoms with Crippen molar-refractivity contribution in [2.24, 2.45) is 0 Å². The van der Waals surface area contributed by atoms with Crippen molar-refractivity contribution < 1.29 is 4.79 Å². The van der Waals surface area contributed by atoms with Crippen molar-refractivity contribution >= 4 is 18.0 Å². The predicted molar refractivity (Wildman–Crippen MR) is 84.8 cm³/mol. The van der Waals surface area contributed by atoms with Crippen LogP contribution in [-0.2, 0) is 17.8 Å². The van der Waals surface area contributed by atoms with Crippen LogP contribution in [0.4, 0.5) is 0 Å². The predicted octanol–water partition coefficient (Wildman–Crippen LogP) is 3.37. The van der Waals surface area contributed by atoms with Gasteiger partial charge in [-0.25, -0.2) is 4.98 Å². The quantitative estimate of drug-likeness (QED) is 0.767. The fraction of sp³-hybridized carbons (Fsp3) is 0.375. The summed E-state index contributed by atoms with van der Waals surface area (Å²) in [7, 11) is 1.77. The smallest absolute Gasteiger partial charge is 0.209 e. The Labute approximate surface area is 130 Å². The van der Waals surface area contributed by atoms with Gasteiger partial charge in [0, 0.05) is 17.8 Å². The molecule has 2 rings (SSSR count). The summed E-state index contributed by atoms with van der Waals surface area (Å²) >= 11 is 6.03. The fourth-order valence-electron chi connectivity index (χ4n) is 2.39. The van der Waals surface area contributed by atoms with Crippen molar-refractivity contribution in [3.05, 3.63) is 46.5 Å². The minimum Gasteiger partial charge on any atom is -0.342 e. The molecule has 21 heavy (non-hydrogen) atoms. The first kappa shape index (κ1) is 15.6. The molecule has 0 unspecified atom stereocenters. The van der Waals surface area contributed by atoms with E-state index >= 15 is 0 Å². The van der Waals surface area contributed by atoms with E-state index in [1.165, 1.54) is 0 Å². The van der Waals surface area contributed by atoms with E-state index in [-0.39, 0.29) is 0 Å². The van der Waals surface area contributed by atoms with Gasteiger partial charge in [0.05, 0.1) is 24.3 Å². The summed E-state index contributed by atoms with van der Waals surface area (Å²) in [5.74, 6) is 0. The number of imidazole rings is 1. The maximum absolute atomic E-state index is 10.9. The molecule has 0 aliphatic heterocycles. The molecule has 4 nitrogen and oxygen atoms in total. The Morgan fingerprint density at radius 2 is 2.19 bits per heavy atom. The molecular formula is C16H20ClN3O. The van der Waals surface area contributed by atoms with Crippen LogP contribution in [0.2, 0.25) is 5.02 Å². The number of hydrogen-bond acceptors (Lipinski definition) is 2. The summed E-state index contributed by atoms with van der Waals surface area (Å²) in [5, 5.41) is 0.719. The maximum Gasteiger partial charge on any atom is 0.209 e. The molecule has 1 aromatic carbocycles. The molecule has 5 heteroatoms. The average molecular weight is 306 g/mol. The Morgan fingerprint density at radius 1 is 1.43 bits per heavy atom. The van der Waals surface area contributed by atoms with Gasteiger partial charge >= 0.3 is 0 Å². The van der Waals surface area contributed by atoms with Crippen molar-refractivity contribution in [1.82, 2.24) is 14.5 Å². The van der Waals surface area contributed by atoms with Gasteiger partial charge in [0.1, 0.15) is 0 Å². The van der Waals surface area contributed by atoms with Crippen molar-refractivity contribution in [1.29, 1.82) is 0 Å². The highest BCUT2D eigenvalue weighted by Crippen LogP contribution is 2.23. The molecule has 0 saturated heterocycles. The van der Waals surface area contributed by atoms with E-state index in [0.717, 1.165) is 46.9 Å². The van der Waals surface area contributed by atoms with Crippen molar-refractivity contribution in [3.8, 4) is 5.69 Å². The number of aryl methyl sites for hydroxylation is 2. The van der Waals surface area contributed by atoms with E-state index < -0.39 is 0 Å². The highest BCUT2D eigenvalue weighted by Gasteiger charge is 2.14. The third-order valence-corrected chi connectivity index (χ3v) is 3.67. The summed E-state index contributed by atoms with van der Waals surface area (Å²) in [6.07, 6.45) is 4.59. The lowest BCUT2D eigenvalue weighted by molar-refractivity contribution is -0.117. The zero-order valence-electron chi connectivity index (χ0n) is 12.6. The normalized spacial score (nSPS) is 10.7. The average Bonchev–Trinajstić information content (AvgIpc) is 2.82. The summed E-state index contributed by atoms with van der Waals surface area (Å²) in [4.78, 5) is 17.1. The van der Waals surface area contributed by atoms with Gasteiger partial charge in [-0.15, -0.1) is 0 Å². The summed E-state index contributed by atoms with van der Waals surface area (Å²) < 4.78 is 2.05. The number of halogens is 1. The van der Waals surface area contributed by atoms with Gasteiger partial charge < -0.3 is 9.47 Å². The third kappa shape index (κ3) is 3.45. The Kier molecular flexibility index (Phi) is 5.02. The largest absolute Gasteiger partial charge is 0.342 e. The first-order valence-electron chi connectivity index (χ1n) is 7.04. The molecule has 1 heterocycles. The molecule has 0 aliphatic carbocycles. The van der Waals surface area contributed by atoms with Crippen LogP contribution in [0, 0.1) is 6.92 Å². The van der Waals surface area contributed by atoms with Gasteiger partial charge in [-0.3, -0.25) is 4.79 Å². The maximum atomic E-state index is 10.9. The highest BCUT2D eigenvalue weighted by atomic mass is 35.5. The zero-order valence-corrected chi connectivity index (χ0v) is 13.4. The molecule has 1 amide bonds. The van der Waals surface area contributed by atoms with Crippen LogP contribution in [0.3, 0.4) is 0 Å². The zero-order chi connectivity index (χ0) is 15.4. The number of rotatable bonds is 6. The van der Waals surface area contributed by atoms with E-state index in [9.17, 15) is 4.79 Å². The monoisotopic (exact) mass is 305 g/mol. The Bertz CT molecular complexity index is 636. The minimum absolute atomic E-state index is 0.543. The molecule has 0 fully saturated rings. The topological polar surface area (TPSA) is 38.1 Å². The number of nitrogens with zero attached hydrogens (tertiary/aromatic N) is 3. The third-order valence-electron chi connectivity index (χ3n) is 3.44. The fourth-order valence-corrected chi connectivity index (χ4v) is 2.62. The first-order chi connectivity index (χ1) is 10.1. The van der Waals surface area contributed by atoms with Crippen molar-refractivity contribution in [3.63, 3.8) is 0 Å². The summed E-state index contributed by atoms with van der Waals surface area (Å²) in [6, 6.07) is 5.79. The number of aromatic nitrogens is 2. The van der Waals surface area contributed by atoms with E-state index in [0.29, 0.717) is 6.54 Å². The lowest BCUT2D eigenvalue weighted by Gasteiger charge is -2.16. The molecule has 0 radical (unpaired) electrons. The molecule has 112 valence electrons. The van der Waals surface area contributed by atoms with Crippen molar-refractivity contribution in [2.75, 3.05) is 7.05 Å². The summed E-state index contributed by atoms with van der Waals surface area (Å²) in [6.45, 7) is 4.69. The summed E-state index contributed by atoms with van der Waals surface area (Å²) in [5.41, 5.74) is 4.22. The number of carbonyl (C=O) groups excluding carboxylic acids is 1. The Balaban J connectivity index is 2.49. The van der Waals surface area contributed by atoms with Gasteiger partial charge in [-0.1, -0.05) is 24.9 Å². The van der Waals surface area contributed by atoms with Crippen LogP contribution in [0.25, 0.3) is 5.69 Å². The molecule has 2 aromatic rings. The second-order valence-electron chi connectivity index (χ2n) is 5.21. The highest BCUT2D eigenvalue weighted by molar-refractivity contribution is 6.30. The Morgan fingerprint density at radius 3 is 2.81 bits per heavy atom. The van der Waals surface area contributed by atoms with Crippen LogP contribution < -0.4 is 0 Å². The molecule has 0 bridgehead atoms. The number of amides is 1. The second kappa shape index (κ2) is 6.76. The van der Waals surface area contributed by atoms with Crippen LogP contribution in [0.15, 0.2) is 24.5 Å². The van der Waals surface area contributed by atoms with Gasteiger partial charge in [0.25, 0.3) is 0 Å². The minimum atomic E-state index is 0.543. The lowest BCUT2D eigenvalue weighted by Crippen LogP contribution is -2.18. The number of benzene rings is 1. The van der Waals surface area contributed by atoms with Crippen LogP contribution >= 0.6 is 11.6 Å². The van der Waals surface area contributed by atoms with E-state index in [4.69, 9.17) is 11.6 Å². The lowest BCUT2D eigenvalue weighted by atomic mass is 10.1. The van der Waals surface area contributed by atoms with Gasteiger partial charge in [0.2, 0.25) is 6.41 Å². The number of carbonyl (C=O) groups is 1. The number of hydrogen-bond donors (Lipinski definition) is 0. The standard InChI is InChI=1S/C16H20ClN3O/c1-4-5-14-16(9-19(3)11-21)20(10-18-14)15-7-6-13(17)8-12(15)2/h6-8,10-11H,4-5,9H2,1-3H3. The van der Waals surface area contributed by atoms with Crippen molar-refractivity contribution in [2.45, 2.75) is 33.2 Å². The van der Waals surface area contributed by atoms with Gasteiger partial charge in [-0.05, 0) is 37.1 Å². The molecule has 0 atom stereocenters. The van der Waals surface area contributed by atoms with E-state index in [2.05, 4.69) is 16.5 Å². The SMILES string of the molecule is CCCc1ncn(-c2ccc(Cl)cc2C)c1CN(C)C=O. The van der Waals surface area contributed by atoms with Gasteiger partial charge in [-0.2, -0.15) is 0 Å². The second-order valence-corrected chi connectivity index (χ2v) is 5.65. The Hall–Kier alpha value is -1.81. The van der Waals surface area contributed by atoms with E-state index in [1.54, 1.807) is 11.9 Å². The molecular weight excluding hydrogens is 286 g/mol. The molecule has 1 aromatic heterocycles. The van der Waals surface area contributed by atoms with Gasteiger partial charge in [0.15, 0.2) is 0 Å². The first-order valence-corrected chi connectivity index (χ1v) is 7.41. The van der Waals surface area contributed by atoms with E-state index in [1.807, 2.05) is 31.5 Å².